The Morgan fingerprint density at radius 3 is 2.57 bits per heavy atom. The van der Waals surface area contributed by atoms with E-state index in [2.05, 4.69) is 15.0 Å². The van der Waals surface area contributed by atoms with Gasteiger partial charge < -0.3 is 0 Å². The fourth-order valence-corrected chi connectivity index (χ4v) is 1.48. The van der Waals surface area contributed by atoms with Crippen molar-refractivity contribution in [3.8, 4) is 0 Å². The van der Waals surface area contributed by atoms with Crippen LogP contribution >= 0.6 is 0 Å². The first-order valence-corrected chi connectivity index (χ1v) is 4.31. The number of fused-ring (bicyclic) bond motifs is 1. The Labute approximate surface area is 80.7 Å². The van der Waals surface area contributed by atoms with Crippen molar-refractivity contribution in [3.63, 3.8) is 0 Å². The lowest BCUT2D eigenvalue weighted by molar-refractivity contribution is -0.291. The van der Waals surface area contributed by atoms with Crippen LogP contribution in [0.15, 0.2) is 39.2 Å². The van der Waals surface area contributed by atoms with Gasteiger partial charge in [-0.25, -0.2) is 0 Å². The van der Waals surface area contributed by atoms with Crippen molar-refractivity contribution in [1.82, 2.24) is 0 Å². The fraction of sp³-hybridized carbons (Fsp3) is 0. The molecular formula is C10H7N4+. The highest BCUT2D eigenvalue weighted by Gasteiger charge is 2.21. The quantitative estimate of drug-likeness (QED) is 0.547. The van der Waals surface area contributed by atoms with Gasteiger partial charge in [-0.1, -0.05) is 12.1 Å². The molecular weight excluding hydrogens is 176 g/mol. The summed E-state index contributed by atoms with van der Waals surface area (Å²) in [6.45, 7) is 0. The van der Waals surface area contributed by atoms with E-state index < -0.39 is 0 Å². The standard InChI is InChI=1S/C10H7N4/c1-2-4-9-8(3-1)13-7-14(9)10-11-5-6-12-10/h1-7H/q+1. The molecule has 0 saturated carbocycles. The van der Waals surface area contributed by atoms with Crippen LogP contribution in [0.2, 0.25) is 0 Å². The molecule has 4 heteroatoms. The predicted octanol–water partition coefficient (Wildman–Crippen LogP) is 1.52. The highest BCUT2D eigenvalue weighted by molar-refractivity contribution is 6.25. The average Bonchev–Trinajstić information content (AvgIpc) is 2.85. The van der Waals surface area contributed by atoms with Crippen molar-refractivity contribution in [3.05, 3.63) is 24.3 Å². The Bertz CT molecular complexity index is 495. The van der Waals surface area contributed by atoms with Gasteiger partial charge in [0, 0.05) is 0 Å². The van der Waals surface area contributed by atoms with Gasteiger partial charge in [-0.2, -0.15) is 4.58 Å². The van der Waals surface area contributed by atoms with Gasteiger partial charge in [-0.15, -0.1) is 15.0 Å². The maximum atomic E-state index is 4.26. The molecule has 2 heterocycles. The third-order valence-electron chi connectivity index (χ3n) is 2.12. The lowest BCUT2D eigenvalue weighted by Crippen LogP contribution is -2.07. The number of aliphatic imine (C=N–C) groups is 3. The molecule has 0 aliphatic carbocycles. The van der Waals surface area contributed by atoms with Crippen molar-refractivity contribution in [2.45, 2.75) is 0 Å². The van der Waals surface area contributed by atoms with E-state index in [0.29, 0.717) is 5.96 Å². The molecule has 0 N–H and O–H groups in total. The highest BCUT2D eigenvalue weighted by Crippen LogP contribution is 2.30. The van der Waals surface area contributed by atoms with E-state index in [1.807, 2.05) is 28.8 Å². The second kappa shape index (κ2) is 2.70. The first-order valence-electron chi connectivity index (χ1n) is 4.31. The Morgan fingerprint density at radius 1 is 0.929 bits per heavy atom. The molecule has 0 aromatic heterocycles. The van der Waals surface area contributed by atoms with Crippen LogP contribution in [0.3, 0.4) is 0 Å². The normalized spacial score (nSPS) is 16.9. The zero-order valence-electron chi connectivity index (χ0n) is 7.33. The SMILES string of the molecule is C1=NC(=[N+]2C=Nc3ccccc32)N=C1. The van der Waals surface area contributed by atoms with Gasteiger partial charge in [-0.3, -0.25) is 0 Å². The zero-order chi connectivity index (χ0) is 9.38. The van der Waals surface area contributed by atoms with Crippen LogP contribution < -0.4 is 0 Å². The summed E-state index contributed by atoms with van der Waals surface area (Å²) < 4.78 is 1.87. The molecule has 0 radical (unpaired) electrons. The third kappa shape index (κ3) is 0.939. The van der Waals surface area contributed by atoms with E-state index in [4.69, 9.17) is 0 Å². The minimum Gasteiger partial charge on any atom is -0.190 e. The second-order valence-electron chi connectivity index (χ2n) is 2.96. The summed E-state index contributed by atoms with van der Waals surface area (Å²) in [6, 6.07) is 7.91. The van der Waals surface area contributed by atoms with Crippen LogP contribution in [-0.4, -0.2) is 29.3 Å². The van der Waals surface area contributed by atoms with Gasteiger partial charge >= 0.3 is 5.96 Å². The molecule has 2 aliphatic rings. The molecule has 0 bridgehead atoms. The Kier molecular flexibility index (Phi) is 1.41. The van der Waals surface area contributed by atoms with Gasteiger partial charge in [0.15, 0.2) is 5.69 Å². The maximum Gasteiger partial charge on any atom is 0.389 e. The Balaban J connectivity index is 2.24. The van der Waals surface area contributed by atoms with E-state index in [9.17, 15) is 0 Å². The summed E-state index contributed by atoms with van der Waals surface area (Å²) in [5.74, 6) is 0.665. The Hall–Kier alpha value is -2.10. The van der Waals surface area contributed by atoms with Gasteiger partial charge in [0.25, 0.3) is 0 Å². The van der Waals surface area contributed by atoms with Gasteiger partial charge in [0.2, 0.25) is 6.34 Å². The Morgan fingerprint density at radius 2 is 1.71 bits per heavy atom. The van der Waals surface area contributed by atoms with E-state index in [1.54, 1.807) is 18.8 Å². The third-order valence-corrected chi connectivity index (χ3v) is 2.12. The largest absolute Gasteiger partial charge is 0.389 e. The highest BCUT2D eigenvalue weighted by atomic mass is 15.2. The van der Waals surface area contributed by atoms with Crippen LogP contribution in [0.1, 0.15) is 0 Å². The minimum absolute atomic E-state index is 0.665. The van der Waals surface area contributed by atoms with E-state index in [0.717, 1.165) is 11.4 Å². The molecule has 0 atom stereocenters. The molecule has 1 aromatic carbocycles. The summed E-state index contributed by atoms with van der Waals surface area (Å²) in [6.07, 6.45) is 5.08. The smallest absolute Gasteiger partial charge is 0.190 e. The molecule has 4 nitrogen and oxygen atoms in total. The second-order valence-corrected chi connectivity index (χ2v) is 2.96. The maximum absolute atomic E-state index is 4.26. The zero-order valence-corrected chi connectivity index (χ0v) is 7.33. The monoisotopic (exact) mass is 183 g/mol. The summed E-state index contributed by atoms with van der Waals surface area (Å²) >= 11 is 0. The lowest BCUT2D eigenvalue weighted by atomic mass is 10.3. The number of benzene rings is 1. The number of rotatable bonds is 0. The van der Waals surface area contributed by atoms with E-state index >= 15 is 0 Å². The molecule has 0 amide bonds. The van der Waals surface area contributed by atoms with Crippen LogP contribution in [0.25, 0.3) is 0 Å². The molecule has 0 unspecified atom stereocenters. The van der Waals surface area contributed by atoms with Gasteiger partial charge in [0.1, 0.15) is 18.1 Å². The number of hydrogen-bond donors (Lipinski definition) is 0. The van der Waals surface area contributed by atoms with Crippen LogP contribution in [0.4, 0.5) is 11.4 Å². The van der Waals surface area contributed by atoms with Crippen molar-refractivity contribution >= 4 is 36.1 Å². The lowest BCUT2D eigenvalue weighted by Gasteiger charge is -1.95. The molecule has 0 spiro atoms. The molecule has 0 saturated heterocycles. The summed E-state index contributed by atoms with van der Waals surface area (Å²) in [5, 5.41) is 0. The van der Waals surface area contributed by atoms with Crippen LogP contribution in [-0.2, 0) is 0 Å². The molecule has 1 aromatic rings. The van der Waals surface area contributed by atoms with Crippen molar-refractivity contribution in [2.24, 2.45) is 15.0 Å². The van der Waals surface area contributed by atoms with Crippen molar-refractivity contribution in [1.29, 1.82) is 0 Å². The number of hydrogen-bond acceptors (Lipinski definition) is 1. The fourth-order valence-electron chi connectivity index (χ4n) is 1.48. The molecule has 14 heavy (non-hydrogen) atoms. The molecule has 66 valence electrons. The van der Waals surface area contributed by atoms with Crippen LogP contribution in [0.5, 0.6) is 0 Å². The summed E-state index contributed by atoms with van der Waals surface area (Å²) in [4.78, 5) is 12.5. The predicted molar refractivity (Wildman–Crippen MR) is 56.5 cm³/mol. The number of para-hydroxylation sites is 2. The van der Waals surface area contributed by atoms with Gasteiger partial charge in [-0.05, 0) is 12.1 Å². The summed E-state index contributed by atoms with van der Waals surface area (Å²) in [5.41, 5.74) is 1.98. The van der Waals surface area contributed by atoms with E-state index in [1.165, 1.54) is 0 Å². The van der Waals surface area contributed by atoms with Crippen molar-refractivity contribution in [2.75, 3.05) is 0 Å². The average molecular weight is 183 g/mol. The van der Waals surface area contributed by atoms with Gasteiger partial charge in [0.05, 0.1) is 0 Å². The first kappa shape index (κ1) is 7.32. The van der Waals surface area contributed by atoms with Crippen LogP contribution in [0, 0.1) is 0 Å². The van der Waals surface area contributed by atoms with Crippen molar-refractivity contribution < 1.29 is 4.58 Å². The first-order chi connectivity index (χ1) is 6.95. The molecule has 3 rings (SSSR count). The molecule has 0 fully saturated rings. The minimum atomic E-state index is 0.665. The topological polar surface area (TPSA) is 40.1 Å². The molecule has 2 aliphatic heterocycles. The number of nitrogens with zero attached hydrogens (tertiary/aromatic N) is 4. The number of guanidine groups is 1. The summed E-state index contributed by atoms with van der Waals surface area (Å²) in [7, 11) is 0. The van der Waals surface area contributed by atoms with E-state index in [-0.39, 0.29) is 0 Å².